The van der Waals surface area contributed by atoms with Gasteiger partial charge in [-0.3, -0.25) is 19.3 Å². The number of thioether (sulfide) groups is 1. The quantitative estimate of drug-likeness (QED) is 0.160. The van der Waals surface area contributed by atoms with Gasteiger partial charge in [-0.15, -0.1) is 11.8 Å². The Morgan fingerprint density at radius 3 is 2.20 bits per heavy atom. The third kappa shape index (κ3) is 12.6. The predicted octanol–water partition coefficient (Wildman–Crippen LogP) is 3.65. The van der Waals surface area contributed by atoms with E-state index in [0.29, 0.717) is 35.3 Å². The highest BCUT2D eigenvalue weighted by Gasteiger charge is 2.41. The lowest BCUT2D eigenvalue weighted by Gasteiger charge is -2.47. The largest absolute Gasteiger partial charge is 0.508 e. The Balaban J connectivity index is 0.000000635. The molecule has 1 saturated heterocycles. The van der Waals surface area contributed by atoms with Crippen LogP contribution in [-0.4, -0.2) is 103 Å². The number of likely N-dealkylation sites (tertiary alicyclic amines) is 1. The Labute approximate surface area is 292 Å². The summed E-state index contributed by atoms with van der Waals surface area (Å²) in [5.41, 5.74) is 0.543. The van der Waals surface area contributed by atoms with Gasteiger partial charge < -0.3 is 36.2 Å². The van der Waals surface area contributed by atoms with Gasteiger partial charge in [0.1, 0.15) is 5.75 Å². The van der Waals surface area contributed by atoms with E-state index in [9.17, 15) is 29.4 Å². The fourth-order valence-electron chi connectivity index (χ4n) is 6.31. The molecule has 0 spiro atoms. The van der Waals surface area contributed by atoms with Gasteiger partial charge in [0.2, 0.25) is 5.91 Å². The maximum absolute atomic E-state index is 13.5. The van der Waals surface area contributed by atoms with Gasteiger partial charge in [-0.1, -0.05) is 43.5 Å². The molecule has 1 saturated carbocycles. The number of aliphatic hydroxyl groups excluding tert-OH is 2. The number of benzene rings is 2. The van der Waals surface area contributed by atoms with E-state index in [1.807, 2.05) is 51.1 Å². The third-order valence-corrected chi connectivity index (χ3v) is 10.0. The van der Waals surface area contributed by atoms with Gasteiger partial charge >= 0.3 is 11.9 Å². The molecular weight excluding hydrogens is 650 g/mol. The van der Waals surface area contributed by atoms with Crippen LogP contribution < -0.4 is 10.6 Å². The van der Waals surface area contributed by atoms with Gasteiger partial charge in [0.05, 0.1) is 24.6 Å². The van der Waals surface area contributed by atoms with E-state index in [-0.39, 0.29) is 29.1 Å². The smallest absolute Gasteiger partial charge is 0.333 e. The molecule has 12 nitrogen and oxygen atoms in total. The number of phenols is 1. The van der Waals surface area contributed by atoms with Crippen LogP contribution in [0.2, 0.25) is 0 Å². The Morgan fingerprint density at radius 1 is 0.959 bits per heavy atom. The molecule has 4 rings (SSSR count). The monoisotopic (exact) mass is 701 g/mol. The normalized spacial score (nSPS) is 21.1. The van der Waals surface area contributed by atoms with E-state index in [4.69, 9.17) is 15.3 Å². The number of nitrogens with zero attached hydrogens (tertiary/aromatic N) is 1. The van der Waals surface area contributed by atoms with Gasteiger partial charge in [-0.25, -0.2) is 4.79 Å². The highest BCUT2D eigenvalue weighted by atomic mass is 32.2. The van der Waals surface area contributed by atoms with E-state index >= 15 is 0 Å². The number of amides is 2. The number of carboxylic acids is 2. The molecule has 7 N–H and O–H groups in total. The first-order chi connectivity index (χ1) is 23.1. The SMILES string of the molecule is Cc1c(O)cccc1C(=O)N[C@@H](CSc1ccccc1)[C@H](O)CN1C[C@H]2CCCC[C@H]2C[C@H]1C(=O)NC(C)(C)C.O=C(O)CC(O)C(=O)O. The van der Waals surface area contributed by atoms with E-state index in [1.54, 1.807) is 36.9 Å². The molecule has 2 aromatic rings. The molecule has 2 fully saturated rings. The molecule has 0 aromatic heterocycles. The Morgan fingerprint density at radius 2 is 1.61 bits per heavy atom. The number of fused-ring (bicyclic) bond motifs is 1. The Bertz CT molecular complexity index is 1420. The lowest BCUT2D eigenvalue weighted by atomic mass is 9.72. The van der Waals surface area contributed by atoms with Crippen LogP contribution in [0.3, 0.4) is 0 Å². The summed E-state index contributed by atoms with van der Waals surface area (Å²) in [6.07, 6.45) is 2.13. The molecule has 1 unspecified atom stereocenters. The molecule has 2 amide bonds. The van der Waals surface area contributed by atoms with Crippen LogP contribution in [0, 0.1) is 18.8 Å². The maximum Gasteiger partial charge on any atom is 0.333 e. The highest BCUT2D eigenvalue weighted by molar-refractivity contribution is 7.99. The van der Waals surface area contributed by atoms with E-state index in [1.165, 1.54) is 12.8 Å². The minimum atomic E-state index is -1.79. The summed E-state index contributed by atoms with van der Waals surface area (Å²) in [7, 11) is 0. The highest BCUT2D eigenvalue weighted by Crippen LogP contribution is 2.39. The number of carbonyl (C=O) groups excluding carboxylic acids is 2. The van der Waals surface area contributed by atoms with Crippen molar-refractivity contribution in [2.75, 3.05) is 18.8 Å². The van der Waals surface area contributed by atoms with Crippen molar-refractivity contribution in [3.63, 3.8) is 0 Å². The average molecular weight is 702 g/mol. The van der Waals surface area contributed by atoms with Crippen molar-refractivity contribution in [1.29, 1.82) is 0 Å². The summed E-state index contributed by atoms with van der Waals surface area (Å²) >= 11 is 1.57. The first-order valence-electron chi connectivity index (χ1n) is 16.7. The standard InChI is InChI=1S/C32H45N3O4S.C4H6O5/c1-21-25(15-10-16-28(21)36)30(38)33-26(20-40-24-13-6-5-7-14-24)29(37)19-35-18-23-12-9-8-11-22(23)17-27(35)31(39)34-32(2,3)4;5-2(4(8)9)1-3(6)7/h5-7,10,13-16,22-23,26-27,29,36-37H,8-9,11-12,17-20H2,1-4H3,(H,33,38)(H,34,39);2,5H,1H2,(H,6,7)(H,8,9)/t22-,23+,26-,27-,29+;/m0./s1. The number of aromatic hydroxyl groups is 1. The van der Waals surface area contributed by atoms with E-state index in [0.717, 1.165) is 30.7 Å². The van der Waals surface area contributed by atoms with Crippen LogP contribution in [0.4, 0.5) is 0 Å². The summed E-state index contributed by atoms with van der Waals surface area (Å²) in [5.74, 6) is -1.57. The molecule has 6 atom stereocenters. The van der Waals surface area contributed by atoms with Crippen molar-refractivity contribution in [3.05, 3.63) is 59.7 Å². The van der Waals surface area contributed by atoms with Crippen LogP contribution in [0.15, 0.2) is 53.4 Å². The zero-order valence-electron chi connectivity index (χ0n) is 28.7. The van der Waals surface area contributed by atoms with Gasteiger partial charge in [-0.05, 0) is 76.6 Å². The zero-order valence-corrected chi connectivity index (χ0v) is 29.5. The third-order valence-electron chi connectivity index (χ3n) is 8.88. The number of aliphatic carboxylic acids is 2. The van der Waals surface area contributed by atoms with Crippen molar-refractivity contribution >= 4 is 35.5 Å². The van der Waals surface area contributed by atoms with E-state index in [2.05, 4.69) is 15.5 Å². The van der Waals surface area contributed by atoms with Crippen molar-refractivity contribution in [3.8, 4) is 5.75 Å². The number of phenolic OH excluding ortho intramolecular Hbond substituents is 1. The second-order valence-corrected chi connectivity index (χ2v) is 15.0. The first-order valence-corrected chi connectivity index (χ1v) is 17.7. The van der Waals surface area contributed by atoms with Gasteiger partial charge in [0.15, 0.2) is 6.10 Å². The Hall–Kier alpha value is -3.65. The molecule has 13 heteroatoms. The lowest BCUT2D eigenvalue weighted by molar-refractivity contribution is -0.152. The fraction of sp³-hybridized carbons (Fsp3) is 0.556. The summed E-state index contributed by atoms with van der Waals surface area (Å²) in [5, 5.41) is 52.1. The number of hydrogen-bond donors (Lipinski definition) is 7. The number of nitrogens with one attached hydrogen (secondary N) is 2. The van der Waals surface area contributed by atoms with Crippen LogP contribution in [-0.2, 0) is 14.4 Å². The maximum atomic E-state index is 13.5. The number of carboxylic acid groups (broad SMARTS) is 2. The Kier molecular flexibility index (Phi) is 14.9. The minimum absolute atomic E-state index is 0.0124. The molecule has 1 heterocycles. The number of hydrogen-bond acceptors (Lipinski definition) is 9. The van der Waals surface area contributed by atoms with Crippen molar-refractivity contribution < 1.29 is 44.7 Å². The summed E-state index contributed by atoms with van der Waals surface area (Å²) in [6.45, 7) is 8.76. The molecular formula is C36H51N3O9S. The molecule has 1 aliphatic heterocycles. The summed E-state index contributed by atoms with van der Waals surface area (Å²) in [6, 6.07) is 13.9. The summed E-state index contributed by atoms with van der Waals surface area (Å²) < 4.78 is 0. The molecule has 1 aliphatic carbocycles. The fourth-order valence-corrected chi connectivity index (χ4v) is 7.34. The summed E-state index contributed by atoms with van der Waals surface area (Å²) in [4.78, 5) is 49.4. The van der Waals surface area contributed by atoms with Gasteiger partial charge in [-0.2, -0.15) is 0 Å². The predicted molar refractivity (Wildman–Crippen MR) is 186 cm³/mol. The first kappa shape index (κ1) is 39.8. The topological polar surface area (TPSA) is 197 Å². The van der Waals surface area contributed by atoms with Crippen molar-refractivity contribution in [2.45, 2.75) is 101 Å². The molecule has 2 aromatic carbocycles. The molecule has 0 radical (unpaired) electrons. The van der Waals surface area contributed by atoms with E-state index < -0.39 is 36.6 Å². The number of aliphatic hydroxyl groups is 2. The average Bonchev–Trinajstić information content (AvgIpc) is 3.03. The van der Waals surface area contributed by atoms with Crippen LogP contribution >= 0.6 is 11.8 Å². The van der Waals surface area contributed by atoms with Crippen LogP contribution in [0.25, 0.3) is 0 Å². The van der Waals surface area contributed by atoms with Gasteiger partial charge in [0.25, 0.3) is 5.91 Å². The number of rotatable bonds is 12. The van der Waals surface area contributed by atoms with Gasteiger partial charge in [0, 0.05) is 40.4 Å². The number of β-amino-alcohol motifs (C(OH)–C–C–N with tert-alkyl or cyclic N) is 1. The molecule has 49 heavy (non-hydrogen) atoms. The molecule has 270 valence electrons. The van der Waals surface area contributed by atoms with Crippen LogP contribution in [0.5, 0.6) is 5.75 Å². The van der Waals surface area contributed by atoms with Crippen LogP contribution in [0.1, 0.15) is 75.2 Å². The second-order valence-electron chi connectivity index (χ2n) is 13.9. The molecule has 0 bridgehead atoms. The molecule has 2 aliphatic rings. The zero-order chi connectivity index (χ0) is 36.3. The lowest BCUT2D eigenvalue weighted by Crippen LogP contribution is -2.60. The van der Waals surface area contributed by atoms with Crippen molar-refractivity contribution in [1.82, 2.24) is 15.5 Å². The number of piperidine rings is 1. The van der Waals surface area contributed by atoms with Crippen molar-refractivity contribution in [2.24, 2.45) is 11.8 Å². The number of carbonyl (C=O) groups is 4. The second kappa shape index (κ2) is 18.4. The minimum Gasteiger partial charge on any atom is -0.508 e.